The van der Waals surface area contributed by atoms with Crippen molar-refractivity contribution in [3.05, 3.63) is 28.5 Å². The number of halogens is 1. The standard InChI is InChI=1S/C14H19BrN2O/c1-10(2)11-4-7-17(8-5-11)14(18)12-3-6-16-13(15)9-12/h3,6,9-11H,4-5,7-8H2,1-2H3. The van der Waals surface area contributed by atoms with Crippen LogP contribution < -0.4 is 0 Å². The van der Waals surface area contributed by atoms with Gasteiger partial charge in [-0.25, -0.2) is 4.98 Å². The Bertz CT molecular complexity index is 426. The number of aromatic nitrogens is 1. The molecule has 0 N–H and O–H groups in total. The van der Waals surface area contributed by atoms with Crippen molar-refractivity contribution in [2.45, 2.75) is 26.7 Å². The van der Waals surface area contributed by atoms with E-state index in [9.17, 15) is 4.79 Å². The molecule has 1 aliphatic rings. The molecule has 0 aromatic carbocycles. The lowest BCUT2D eigenvalue weighted by atomic mass is 9.86. The predicted octanol–water partition coefficient (Wildman–Crippen LogP) is 3.35. The Morgan fingerprint density at radius 2 is 2.11 bits per heavy atom. The molecule has 18 heavy (non-hydrogen) atoms. The molecule has 0 aliphatic carbocycles. The number of carbonyl (C=O) groups is 1. The quantitative estimate of drug-likeness (QED) is 0.785. The second kappa shape index (κ2) is 5.83. The molecule has 1 amide bonds. The van der Waals surface area contributed by atoms with E-state index >= 15 is 0 Å². The number of hydrogen-bond acceptors (Lipinski definition) is 2. The molecule has 98 valence electrons. The lowest BCUT2D eigenvalue weighted by molar-refractivity contribution is 0.0667. The van der Waals surface area contributed by atoms with Crippen LogP contribution in [0.25, 0.3) is 0 Å². The van der Waals surface area contributed by atoms with Gasteiger partial charge in [-0.3, -0.25) is 4.79 Å². The molecular formula is C14H19BrN2O. The third-order valence-corrected chi connectivity index (χ3v) is 4.18. The summed E-state index contributed by atoms with van der Waals surface area (Å²) >= 11 is 3.30. The second-order valence-corrected chi connectivity index (χ2v) is 6.05. The minimum absolute atomic E-state index is 0.125. The third kappa shape index (κ3) is 3.10. The highest BCUT2D eigenvalue weighted by molar-refractivity contribution is 9.10. The van der Waals surface area contributed by atoms with E-state index in [-0.39, 0.29) is 5.91 Å². The van der Waals surface area contributed by atoms with Crippen LogP contribution in [0.1, 0.15) is 37.0 Å². The number of likely N-dealkylation sites (tertiary alicyclic amines) is 1. The molecule has 0 atom stereocenters. The molecule has 4 heteroatoms. The summed E-state index contributed by atoms with van der Waals surface area (Å²) in [5, 5.41) is 0. The van der Waals surface area contributed by atoms with Crippen LogP contribution in [0.5, 0.6) is 0 Å². The summed E-state index contributed by atoms with van der Waals surface area (Å²) < 4.78 is 0.713. The zero-order valence-corrected chi connectivity index (χ0v) is 12.5. The van der Waals surface area contributed by atoms with E-state index < -0.39 is 0 Å². The highest BCUT2D eigenvalue weighted by atomic mass is 79.9. The predicted molar refractivity (Wildman–Crippen MR) is 75.4 cm³/mol. The second-order valence-electron chi connectivity index (χ2n) is 5.24. The van der Waals surface area contributed by atoms with Gasteiger partial charge in [0.2, 0.25) is 0 Å². The van der Waals surface area contributed by atoms with E-state index in [1.807, 2.05) is 4.90 Å². The van der Waals surface area contributed by atoms with E-state index in [2.05, 4.69) is 34.8 Å². The first kappa shape index (κ1) is 13.5. The van der Waals surface area contributed by atoms with Gasteiger partial charge < -0.3 is 4.90 Å². The van der Waals surface area contributed by atoms with Crippen molar-refractivity contribution in [2.24, 2.45) is 11.8 Å². The highest BCUT2D eigenvalue weighted by Gasteiger charge is 2.25. The topological polar surface area (TPSA) is 33.2 Å². The van der Waals surface area contributed by atoms with Crippen molar-refractivity contribution >= 4 is 21.8 Å². The summed E-state index contributed by atoms with van der Waals surface area (Å²) in [6.07, 6.45) is 3.91. The fraction of sp³-hybridized carbons (Fsp3) is 0.571. The maximum Gasteiger partial charge on any atom is 0.254 e. The first-order valence-electron chi connectivity index (χ1n) is 6.48. The minimum atomic E-state index is 0.125. The SMILES string of the molecule is CC(C)C1CCN(C(=O)c2ccnc(Br)c2)CC1. The highest BCUT2D eigenvalue weighted by Crippen LogP contribution is 2.25. The molecule has 0 bridgehead atoms. The average molecular weight is 311 g/mol. The summed E-state index contributed by atoms with van der Waals surface area (Å²) in [5.74, 6) is 1.61. The molecular weight excluding hydrogens is 292 g/mol. The molecule has 1 aliphatic heterocycles. The zero-order chi connectivity index (χ0) is 13.1. The van der Waals surface area contributed by atoms with E-state index in [4.69, 9.17) is 0 Å². The molecule has 0 saturated carbocycles. The van der Waals surface area contributed by atoms with Crippen molar-refractivity contribution in [1.82, 2.24) is 9.88 Å². The molecule has 0 spiro atoms. The molecule has 0 radical (unpaired) electrons. The normalized spacial score (nSPS) is 17.2. The van der Waals surface area contributed by atoms with E-state index in [0.717, 1.165) is 43.3 Å². The van der Waals surface area contributed by atoms with Crippen LogP contribution in [-0.2, 0) is 0 Å². The van der Waals surface area contributed by atoms with Crippen LogP contribution in [-0.4, -0.2) is 28.9 Å². The summed E-state index contributed by atoms with van der Waals surface area (Å²) in [7, 11) is 0. The van der Waals surface area contributed by atoms with E-state index in [1.54, 1.807) is 18.3 Å². The van der Waals surface area contributed by atoms with Crippen molar-refractivity contribution < 1.29 is 4.79 Å². The Balaban J connectivity index is 1.99. The number of amides is 1. The summed E-state index contributed by atoms with van der Waals surface area (Å²) in [6.45, 7) is 6.29. The van der Waals surface area contributed by atoms with Crippen LogP contribution in [0.15, 0.2) is 22.9 Å². The van der Waals surface area contributed by atoms with Gasteiger partial charge in [-0.2, -0.15) is 0 Å². The smallest absolute Gasteiger partial charge is 0.254 e. The first-order valence-corrected chi connectivity index (χ1v) is 7.28. The zero-order valence-electron chi connectivity index (χ0n) is 10.9. The molecule has 1 aromatic rings. The first-order chi connectivity index (χ1) is 8.58. The van der Waals surface area contributed by atoms with Gasteiger partial charge in [0, 0.05) is 24.8 Å². The van der Waals surface area contributed by atoms with Crippen LogP contribution in [0.3, 0.4) is 0 Å². The number of piperidine rings is 1. The van der Waals surface area contributed by atoms with Crippen LogP contribution in [0.2, 0.25) is 0 Å². The van der Waals surface area contributed by atoms with Gasteiger partial charge in [-0.05, 0) is 52.7 Å². The molecule has 2 heterocycles. The summed E-state index contributed by atoms with van der Waals surface area (Å²) in [5.41, 5.74) is 0.722. The van der Waals surface area contributed by atoms with Gasteiger partial charge in [-0.1, -0.05) is 13.8 Å². The van der Waals surface area contributed by atoms with Crippen molar-refractivity contribution in [2.75, 3.05) is 13.1 Å². The molecule has 0 unspecified atom stereocenters. The van der Waals surface area contributed by atoms with E-state index in [1.165, 1.54) is 0 Å². The molecule has 1 saturated heterocycles. The van der Waals surface area contributed by atoms with Gasteiger partial charge in [0.25, 0.3) is 5.91 Å². The van der Waals surface area contributed by atoms with Crippen LogP contribution in [0.4, 0.5) is 0 Å². The lowest BCUT2D eigenvalue weighted by Gasteiger charge is -2.33. The Labute approximate surface area is 117 Å². The molecule has 2 rings (SSSR count). The number of nitrogens with zero attached hydrogens (tertiary/aromatic N) is 2. The average Bonchev–Trinajstić information content (AvgIpc) is 2.38. The molecule has 1 fully saturated rings. The van der Waals surface area contributed by atoms with Crippen molar-refractivity contribution in [1.29, 1.82) is 0 Å². The van der Waals surface area contributed by atoms with Crippen molar-refractivity contribution in [3.8, 4) is 0 Å². The van der Waals surface area contributed by atoms with Gasteiger partial charge in [0.05, 0.1) is 0 Å². The van der Waals surface area contributed by atoms with Crippen LogP contribution in [0, 0.1) is 11.8 Å². The molecule has 1 aromatic heterocycles. The van der Waals surface area contributed by atoms with Gasteiger partial charge >= 0.3 is 0 Å². The summed E-state index contributed by atoms with van der Waals surface area (Å²) in [6, 6.07) is 3.57. The Hall–Kier alpha value is -0.900. The number of rotatable bonds is 2. The van der Waals surface area contributed by atoms with Gasteiger partial charge in [0.15, 0.2) is 0 Å². The fourth-order valence-electron chi connectivity index (χ4n) is 2.49. The Kier molecular flexibility index (Phi) is 4.38. The van der Waals surface area contributed by atoms with Crippen LogP contribution >= 0.6 is 15.9 Å². The Morgan fingerprint density at radius 3 is 2.67 bits per heavy atom. The maximum absolute atomic E-state index is 12.3. The van der Waals surface area contributed by atoms with Crippen molar-refractivity contribution in [3.63, 3.8) is 0 Å². The van der Waals surface area contributed by atoms with Gasteiger partial charge in [0.1, 0.15) is 4.60 Å². The Morgan fingerprint density at radius 1 is 1.44 bits per heavy atom. The number of pyridine rings is 1. The maximum atomic E-state index is 12.3. The van der Waals surface area contributed by atoms with Gasteiger partial charge in [-0.15, -0.1) is 0 Å². The molecule has 3 nitrogen and oxygen atoms in total. The third-order valence-electron chi connectivity index (χ3n) is 3.74. The largest absolute Gasteiger partial charge is 0.339 e. The lowest BCUT2D eigenvalue weighted by Crippen LogP contribution is -2.39. The van der Waals surface area contributed by atoms with E-state index in [0.29, 0.717) is 4.60 Å². The summed E-state index contributed by atoms with van der Waals surface area (Å²) in [4.78, 5) is 18.3. The number of carbonyl (C=O) groups excluding carboxylic acids is 1. The monoisotopic (exact) mass is 310 g/mol. The minimum Gasteiger partial charge on any atom is -0.339 e. The fourth-order valence-corrected chi connectivity index (χ4v) is 2.85. The number of hydrogen-bond donors (Lipinski definition) is 0.